The Kier molecular flexibility index (Phi) is 7.78. The Morgan fingerprint density at radius 2 is 2.00 bits per heavy atom. The van der Waals surface area contributed by atoms with E-state index >= 15 is 0 Å². The summed E-state index contributed by atoms with van der Waals surface area (Å²) < 4.78 is 25.3. The van der Waals surface area contributed by atoms with Crippen molar-refractivity contribution in [1.29, 1.82) is 0 Å². The number of carbonyl (C=O) groups excluding carboxylic acids is 3. The fourth-order valence-electron chi connectivity index (χ4n) is 4.16. The second kappa shape index (κ2) is 11.0. The predicted octanol–water partition coefficient (Wildman–Crippen LogP) is 3.32. The fraction of sp³-hybridized carbons (Fsp3) is 0.417. The van der Waals surface area contributed by atoms with Crippen molar-refractivity contribution in [1.82, 2.24) is 9.88 Å². The highest BCUT2D eigenvalue weighted by molar-refractivity contribution is 6.19. The van der Waals surface area contributed by atoms with Gasteiger partial charge in [0.05, 0.1) is 12.2 Å². The number of nitrogens with two attached hydrogens (primary N) is 1. The van der Waals surface area contributed by atoms with Crippen LogP contribution in [0.3, 0.4) is 0 Å². The van der Waals surface area contributed by atoms with E-state index < -0.39 is 35.6 Å². The third-order valence-corrected chi connectivity index (χ3v) is 6.12. The average Bonchev–Trinajstić information content (AvgIpc) is 3.23. The summed E-state index contributed by atoms with van der Waals surface area (Å²) in [6.45, 7) is 3.91. The van der Waals surface area contributed by atoms with Gasteiger partial charge in [0.1, 0.15) is 17.7 Å². The van der Waals surface area contributed by atoms with Gasteiger partial charge in [-0.2, -0.15) is 0 Å². The highest BCUT2D eigenvalue weighted by atomic mass is 35.5. The largest absolute Gasteiger partial charge is 0.444 e. The minimum atomic E-state index is -0.687. The molecule has 4 rings (SSSR count). The van der Waals surface area contributed by atoms with E-state index in [1.165, 1.54) is 11.0 Å². The van der Waals surface area contributed by atoms with Gasteiger partial charge in [0, 0.05) is 49.9 Å². The zero-order valence-corrected chi connectivity index (χ0v) is 20.5. The minimum absolute atomic E-state index is 0.109. The lowest BCUT2D eigenvalue weighted by atomic mass is 10.1. The summed E-state index contributed by atoms with van der Waals surface area (Å²) in [5.41, 5.74) is 5.77. The van der Waals surface area contributed by atoms with E-state index in [1.54, 1.807) is 42.3 Å². The lowest BCUT2D eigenvalue weighted by Gasteiger charge is -2.35. The number of hydrogen-bond acceptors (Lipinski definition) is 7. The van der Waals surface area contributed by atoms with Crippen LogP contribution in [-0.2, 0) is 14.3 Å². The molecule has 2 atom stereocenters. The molecule has 3 heterocycles. The second-order valence-corrected chi connectivity index (χ2v) is 9.21. The van der Waals surface area contributed by atoms with Crippen molar-refractivity contribution in [2.24, 2.45) is 5.73 Å². The molecule has 1 aromatic carbocycles. The molecule has 2 unspecified atom stereocenters. The van der Waals surface area contributed by atoms with Crippen molar-refractivity contribution in [2.45, 2.75) is 31.4 Å². The first-order chi connectivity index (χ1) is 17.2. The third-order valence-electron chi connectivity index (χ3n) is 6.04. The summed E-state index contributed by atoms with van der Waals surface area (Å²) in [7, 11) is 0. The zero-order chi connectivity index (χ0) is 25.8. The lowest BCUT2D eigenvalue weighted by Crippen LogP contribution is -2.49. The maximum Gasteiger partial charge on any atom is 0.414 e. The molecule has 0 saturated carbocycles. The van der Waals surface area contributed by atoms with Crippen molar-refractivity contribution in [2.75, 3.05) is 42.5 Å². The molecule has 0 aliphatic carbocycles. The number of benzene rings is 1. The third kappa shape index (κ3) is 5.96. The summed E-state index contributed by atoms with van der Waals surface area (Å²) >= 11 is 5.71. The van der Waals surface area contributed by atoms with Gasteiger partial charge in [-0.15, -0.1) is 0 Å². The molecule has 12 heteroatoms. The number of aromatic nitrogens is 1. The number of pyridine rings is 1. The zero-order valence-electron chi connectivity index (χ0n) is 19.7. The molecule has 2 aliphatic rings. The van der Waals surface area contributed by atoms with Crippen LogP contribution in [0.1, 0.15) is 19.8 Å². The quantitative estimate of drug-likeness (QED) is 0.557. The van der Waals surface area contributed by atoms with Crippen LogP contribution in [0, 0.1) is 5.82 Å². The van der Waals surface area contributed by atoms with Crippen LogP contribution in [0.15, 0.2) is 36.5 Å². The highest BCUT2D eigenvalue weighted by Gasteiger charge is 2.32. The van der Waals surface area contributed by atoms with Gasteiger partial charge in [-0.05, 0) is 43.7 Å². The molecule has 2 fully saturated rings. The van der Waals surface area contributed by atoms with E-state index in [1.807, 2.05) is 4.90 Å². The molecule has 2 aliphatic heterocycles. The molecule has 0 spiro atoms. The Hall–Kier alpha value is -3.60. The van der Waals surface area contributed by atoms with E-state index in [9.17, 15) is 18.8 Å². The van der Waals surface area contributed by atoms with Crippen LogP contribution in [0.25, 0.3) is 11.1 Å². The highest BCUT2D eigenvalue weighted by Crippen LogP contribution is 2.30. The van der Waals surface area contributed by atoms with E-state index in [-0.39, 0.29) is 13.0 Å². The van der Waals surface area contributed by atoms with Gasteiger partial charge in [-0.25, -0.2) is 19.0 Å². The number of piperazine rings is 1. The number of primary amides is 1. The Labute approximate surface area is 212 Å². The predicted molar refractivity (Wildman–Crippen MR) is 131 cm³/mol. The maximum atomic E-state index is 15.0. The molecule has 1 aromatic heterocycles. The first-order valence-corrected chi connectivity index (χ1v) is 12.0. The van der Waals surface area contributed by atoms with E-state index in [0.717, 1.165) is 5.82 Å². The summed E-state index contributed by atoms with van der Waals surface area (Å²) in [6.07, 6.45) is 0.518. The van der Waals surface area contributed by atoms with Gasteiger partial charge in [0.15, 0.2) is 5.56 Å². The molecule has 0 bridgehead atoms. The fourth-order valence-corrected chi connectivity index (χ4v) is 4.23. The SMILES string of the molecule is CC(Cl)OC(=O)N1CCN(c2ccc(-c3ccc(N4CC(CCC(N)=O)OC4=O)cc3F)cn2)CC1. The Morgan fingerprint density at radius 3 is 2.61 bits per heavy atom. The topological polar surface area (TPSA) is 118 Å². The number of hydrogen-bond donors (Lipinski definition) is 1. The first-order valence-electron chi connectivity index (χ1n) is 11.6. The number of halogens is 2. The summed E-state index contributed by atoms with van der Waals surface area (Å²) in [5.74, 6) is -0.254. The second-order valence-electron chi connectivity index (χ2n) is 8.59. The van der Waals surface area contributed by atoms with Gasteiger partial charge in [-0.1, -0.05) is 11.6 Å². The smallest absolute Gasteiger partial charge is 0.414 e. The molecule has 3 amide bonds. The number of carbonyl (C=O) groups is 3. The molecule has 2 saturated heterocycles. The Bertz CT molecular complexity index is 1120. The average molecular weight is 520 g/mol. The number of ether oxygens (including phenoxy) is 2. The molecule has 36 heavy (non-hydrogen) atoms. The van der Waals surface area contributed by atoms with Crippen LogP contribution in [-0.4, -0.2) is 72.4 Å². The van der Waals surface area contributed by atoms with Gasteiger partial charge < -0.3 is 25.0 Å². The Morgan fingerprint density at radius 1 is 1.25 bits per heavy atom. The van der Waals surface area contributed by atoms with E-state index in [2.05, 4.69) is 4.98 Å². The van der Waals surface area contributed by atoms with Crippen molar-refractivity contribution in [3.05, 3.63) is 42.3 Å². The van der Waals surface area contributed by atoms with Crippen molar-refractivity contribution in [3.63, 3.8) is 0 Å². The number of alkyl halides is 1. The van der Waals surface area contributed by atoms with Crippen LogP contribution < -0.4 is 15.5 Å². The van der Waals surface area contributed by atoms with Crippen LogP contribution in [0.5, 0.6) is 0 Å². The molecule has 10 nitrogen and oxygen atoms in total. The minimum Gasteiger partial charge on any atom is -0.444 e. The molecular weight excluding hydrogens is 493 g/mol. The molecule has 192 valence electrons. The number of anilines is 2. The van der Waals surface area contributed by atoms with Crippen LogP contribution >= 0.6 is 11.6 Å². The molecule has 0 radical (unpaired) electrons. The monoisotopic (exact) mass is 519 g/mol. The summed E-state index contributed by atoms with van der Waals surface area (Å²) in [5, 5.41) is 0. The van der Waals surface area contributed by atoms with Crippen molar-refractivity contribution >= 4 is 41.2 Å². The number of amides is 3. The van der Waals surface area contributed by atoms with Crippen molar-refractivity contribution in [3.8, 4) is 11.1 Å². The van der Waals surface area contributed by atoms with Crippen LogP contribution in [0.2, 0.25) is 0 Å². The molecule has 2 N–H and O–H groups in total. The molecular formula is C24H27ClFN5O5. The normalized spacial score (nSPS) is 18.7. The number of nitrogens with zero attached hydrogens (tertiary/aromatic N) is 4. The van der Waals surface area contributed by atoms with Gasteiger partial charge in [0.2, 0.25) is 5.91 Å². The van der Waals surface area contributed by atoms with Crippen LogP contribution in [0.4, 0.5) is 25.5 Å². The standard InChI is InChI=1S/C24H27ClFN5O5/c1-15(25)35-23(33)30-10-8-29(9-11-30)22-7-2-16(13-28-22)19-5-3-17(12-20(19)26)31-14-18(36-24(31)34)4-6-21(27)32/h2-3,5,7,12-13,15,18H,4,6,8-11,14H2,1H3,(H2,27,32). The maximum absolute atomic E-state index is 15.0. The molecule has 2 aromatic rings. The lowest BCUT2D eigenvalue weighted by molar-refractivity contribution is -0.118. The van der Waals surface area contributed by atoms with Crippen molar-refractivity contribution < 1.29 is 28.2 Å². The Balaban J connectivity index is 1.38. The van der Waals surface area contributed by atoms with E-state index in [0.29, 0.717) is 49.4 Å². The van der Waals surface area contributed by atoms with Gasteiger partial charge in [-0.3, -0.25) is 9.69 Å². The summed E-state index contributed by atoms with van der Waals surface area (Å²) in [6, 6.07) is 8.09. The number of cyclic esters (lactones) is 1. The van der Waals surface area contributed by atoms with Gasteiger partial charge >= 0.3 is 12.2 Å². The first kappa shape index (κ1) is 25.5. The van der Waals surface area contributed by atoms with Gasteiger partial charge in [0.25, 0.3) is 0 Å². The number of rotatable bonds is 7. The summed E-state index contributed by atoms with van der Waals surface area (Å²) in [4.78, 5) is 44.6. The van der Waals surface area contributed by atoms with E-state index in [4.69, 9.17) is 26.8 Å².